The van der Waals surface area contributed by atoms with E-state index in [1.54, 1.807) is 6.92 Å². The Hall–Kier alpha value is -2.89. The molecule has 10 atom stereocenters. The lowest BCUT2D eigenvalue weighted by Crippen LogP contribution is -2.59. The van der Waals surface area contributed by atoms with E-state index in [0.29, 0.717) is 53.4 Å². The summed E-state index contributed by atoms with van der Waals surface area (Å²) >= 11 is 0. The lowest BCUT2D eigenvalue weighted by Gasteiger charge is -2.62. The molecule has 0 aromatic rings. The monoisotopic (exact) mass is 672 g/mol. The highest BCUT2D eigenvalue weighted by Gasteiger charge is 2.65. The van der Waals surface area contributed by atoms with Crippen LogP contribution in [0.2, 0.25) is 0 Å². The molecule has 0 aliphatic heterocycles. The van der Waals surface area contributed by atoms with E-state index in [-0.39, 0.29) is 40.9 Å². The maximum atomic E-state index is 13.9. The highest BCUT2D eigenvalue weighted by atomic mass is 16.5. The van der Waals surface area contributed by atoms with Gasteiger partial charge in [0.05, 0.1) is 12.7 Å². The Morgan fingerprint density at radius 2 is 1.65 bits per heavy atom. The van der Waals surface area contributed by atoms with E-state index >= 15 is 0 Å². The minimum Gasteiger partial charge on any atom is -0.469 e. The summed E-state index contributed by atoms with van der Waals surface area (Å²) in [6.07, 6.45) is 9.36. The molecule has 0 radical (unpaired) electrons. The highest BCUT2D eigenvalue weighted by molar-refractivity contribution is 6.01. The van der Waals surface area contributed by atoms with Crippen LogP contribution in [0, 0.1) is 60.2 Å². The van der Waals surface area contributed by atoms with Crippen molar-refractivity contribution in [3.63, 3.8) is 0 Å². The Morgan fingerprint density at radius 1 is 0.898 bits per heavy atom. The zero-order chi connectivity index (χ0) is 35.4. The van der Waals surface area contributed by atoms with Crippen LogP contribution >= 0.6 is 0 Å². The topological polar surface area (TPSA) is 78.9 Å². The van der Waals surface area contributed by atoms with Crippen molar-refractivity contribution in [1.29, 1.82) is 0 Å². The molecule has 0 heterocycles. The average molecular weight is 673 g/mol. The number of esters is 3. The van der Waals surface area contributed by atoms with Crippen LogP contribution in [0.15, 0.2) is 24.3 Å². The van der Waals surface area contributed by atoms with E-state index in [9.17, 15) is 14.4 Å². The predicted molar refractivity (Wildman–Crippen MR) is 192 cm³/mol. The number of hydrogen-bond acceptors (Lipinski definition) is 6. The van der Waals surface area contributed by atoms with Crippen LogP contribution < -0.4 is 0 Å². The molecule has 0 unspecified atom stereocenters. The van der Waals surface area contributed by atoms with Crippen molar-refractivity contribution in [3.8, 4) is 11.1 Å². The molecule has 268 valence electrons. The van der Waals surface area contributed by atoms with Gasteiger partial charge in [0.2, 0.25) is 0 Å². The van der Waals surface area contributed by atoms with Crippen molar-refractivity contribution in [2.24, 2.45) is 46.3 Å². The maximum absolute atomic E-state index is 13.9. The number of carbonyl (C=O) groups excluding carboxylic acids is 3. The van der Waals surface area contributed by atoms with Crippen LogP contribution in [-0.4, -0.2) is 37.2 Å². The van der Waals surface area contributed by atoms with Crippen molar-refractivity contribution < 1.29 is 28.6 Å². The Bertz CT molecular complexity index is 1540. The lowest BCUT2D eigenvalue weighted by molar-refractivity contribution is -0.196. The van der Waals surface area contributed by atoms with Crippen molar-refractivity contribution in [2.75, 3.05) is 7.11 Å². The first-order valence-electron chi connectivity index (χ1n) is 19.2. The third-order valence-corrected chi connectivity index (χ3v) is 14.5. The summed E-state index contributed by atoms with van der Waals surface area (Å²) in [7, 11) is 1.46. The number of ether oxygens (including phenoxy) is 3. The van der Waals surface area contributed by atoms with Crippen LogP contribution in [0.3, 0.4) is 0 Å². The number of rotatable bonds is 8. The van der Waals surface area contributed by atoms with Crippen molar-refractivity contribution in [3.05, 3.63) is 46.5 Å². The summed E-state index contributed by atoms with van der Waals surface area (Å²) < 4.78 is 17.7. The van der Waals surface area contributed by atoms with Gasteiger partial charge < -0.3 is 14.2 Å². The molecule has 4 saturated carbocycles. The molecule has 6 aliphatic rings. The van der Waals surface area contributed by atoms with E-state index in [4.69, 9.17) is 14.2 Å². The van der Waals surface area contributed by atoms with Gasteiger partial charge in [0.25, 0.3) is 0 Å². The molecular weight excluding hydrogens is 612 g/mol. The molecule has 0 bridgehead atoms. The maximum Gasteiger partial charge on any atom is 0.339 e. The van der Waals surface area contributed by atoms with Crippen LogP contribution in [0.1, 0.15) is 139 Å². The summed E-state index contributed by atoms with van der Waals surface area (Å²) in [6, 6.07) is 8.61. The fraction of sp³-hybridized carbons (Fsp3) is 0.698. The van der Waals surface area contributed by atoms with E-state index in [2.05, 4.69) is 66.7 Å². The second kappa shape index (κ2) is 13.7. The Balaban J connectivity index is 1.19. The fourth-order valence-electron chi connectivity index (χ4n) is 11.8. The Morgan fingerprint density at radius 3 is 2.35 bits per heavy atom. The molecule has 0 saturated heterocycles. The summed E-state index contributed by atoms with van der Waals surface area (Å²) in [5, 5.41) is 0. The van der Waals surface area contributed by atoms with Crippen molar-refractivity contribution in [1.82, 2.24) is 0 Å². The minimum atomic E-state index is -0.192. The second-order valence-electron chi connectivity index (χ2n) is 17.3. The van der Waals surface area contributed by atoms with Gasteiger partial charge in [-0.25, -0.2) is 4.79 Å². The van der Waals surface area contributed by atoms with Crippen LogP contribution in [0.5, 0.6) is 0 Å². The standard InChI is InChI=1S/C43H60O6/c1-24(2)29-12-10-26(4)40-33(21-29)27(5)20-34(40)41(46)49-31-18-19-42(7)30(22-31)13-14-32-36-16-15-35(25(3)11-17-39(45)47-9)43(36,8)38(23-37(32)42)48-28(6)44/h10,12,20-21,24-25,30-32,35-38H,11,13-19,22-23H2,1-9H3/t25-,30-,31-,32+,35-,36+,37+,38+,42+,43-/m1/s1. The van der Waals surface area contributed by atoms with Gasteiger partial charge in [-0.15, -0.1) is 0 Å². The molecule has 4 fully saturated rings. The van der Waals surface area contributed by atoms with Crippen LogP contribution in [-0.2, 0) is 23.8 Å². The Labute approximate surface area is 294 Å². The smallest absolute Gasteiger partial charge is 0.339 e. The number of aryl methyl sites for hydroxylation is 2. The lowest BCUT2D eigenvalue weighted by atomic mass is 9.43. The number of hydrogen-bond donors (Lipinski definition) is 0. The minimum absolute atomic E-state index is 0.0824. The predicted octanol–water partition coefficient (Wildman–Crippen LogP) is 9.85. The Kier molecular flexibility index (Phi) is 10.0. The molecule has 0 aromatic carbocycles. The zero-order valence-corrected chi connectivity index (χ0v) is 31.5. The molecule has 0 amide bonds. The second-order valence-corrected chi connectivity index (χ2v) is 17.3. The summed E-state index contributed by atoms with van der Waals surface area (Å²) in [5.74, 6) is 2.70. The summed E-state index contributed by atoms with van der Waals surface area (Å²) in [6.45, 7) is 17.3. The first kappa shape index (κ1) is 35.9. The van der Waals surface area contributed by atoms with Crippen molar-refractivity contribution >= 4 is 17.9 Å². The van der Waals surface area contributed by atoms with Crippen LogP contribution in [0.4, 0.5) is 0 Å². The zero-order valence-electron chi connectivity index (χ0n) is 31.5. The molecule has 6 aliphatic carbocycles. The normalized spacial score (nSPS) is 34.4. The third-order valence-electron chi connectivity index (χ3n) is 14.5. The van der Waals surface area contributed by atoms with E-state index in [0.717, 1.165) is 73.6 Å². The number of carbonyl (C=O) groups is 3. The first-order chi connectivity index (χ1) is 23.2. The molecule has 6 rings (SSSR count). The molecule has 0 N–H and O–H groups in total. The van der Waals surface area contributed by atoms with Gasteiger partial charge in [-0.05, 0) is 152 Å². The molecule has 6 heteroatoms. The SMILES string of the molecule is COC(=O)CC[C@@H](C)[C@H]1CC[C@H]2[C@@H]3CC[C@@H]4C[C@H](OC(=O)c5cc(C)c6cc(C(C)C)ccc(C)c5-6)CC[C@]4(C)[C@H]3C[C@H](OC(C)=O)[C@]12C. The number of methoxy groups -OCH3 is 1. The highest BCUT2D eigenvalue weighted by Crippen LogP contribution is 2.69. The average Bonchev–Trinajstić information content (AvgIpc) is 3.52. The van der Waals surface area contributed by atoms with E-state index in [1.165, 1.54) is 19.1 Å². The first-order valence-corrected chi connectivity index (χ1v) is 19.2. The molecule has 49 heavy (non-hydrogen) atoms. The molecular formula is C43H60O6. The van der Waals surface area contributed by atoms with Gasteiger partial charge in [-0.3, -0.25) is 9.59 Å². The van der Waals surface area contributed by atoms with Gasteiger partial charge in [0.15, 0.2) is 0 Å². The van der Waals surface area contributed by atoms with E-state index < -0.39 is 0 Å². The van der Waals surface area contributed by atoms with Gasteiger partial charge in [0, 0.05) is 18.8 Å². The third kappa shape index (κ3) is 6.33. The molecule has 0 aromatic heterocycles. The van der Waals surface area contributed by atoms with Crippen LogP contribution in [0.25, 0.3) is 11.1 Å². The van der Waals surface area contributed by atoms with Gasteiger partial charge in [-0.2, -0.15) is 0 Å². The number of fused-ring (bicyclic) bond motifs is 6. The van der Waals surface area contributed by atoms with Gasteiger partial charge in [0.1, 0.15) is 12.2 Å². The summed E-state index contributed by atoms with van der Waals surface area (Å²) in [4.78, 5) is 38.5. The van der Waals surface area contributed by atoms with Gasteiger partial charge in [-0.1, -0.05) is 52.8 Å². The largest absolute Gasteiger partial charge is 0.469 e. The van der Waals surface area contributed by atoms with E-state index in [1.807, 2.05) is 6.07 Å². The summed E-state index contributed by atoms with van der Waals surface area (Å²) in [5.41, 5.74) is 6.39. The molecule has 0 spiro atoms. The molecule has 6 nitrogen and oxygen atoms in total. The van der Waals surface area contributed by atoms with Gasteiger partial charge >= 0.3 is 17.9 Å². The fourth-order valence-corrected chi connectivity index (χ4v) is 11.8. The quantitative estimate of drug-likeness (QED) is 0.205. The van der Waals surface area contributed by atoms with Crippen molar-refractivity contribution in [2.45, 2.75) is 138 Å².